The monoisotopic (exact) mass is 472 g/mol. The van der Waals surface area contributed by atoms with Crippen LogP contribution in [0.1, 0.15) is 27.4 Å². The molecule has 0 saturated carbocycles. The highest BCUT2D eigenvalue weighted by Crippen LogP contribution is 2.29. The van der Waals surface area contributed by atoms with Crippen LogP contribution >= 0.6 is 0 Å². The first kappa shape index (κ1) is 23.3. The summed E-state index contributed by atoms with van der Waals surface area (Å²) in [7, 11) is 0. The molecule has 3 aromatic rings. The van der Waals surface area contributed by atoms with Gasteiger partial charge in [-0.2, -0.15) is 5.10 Å². The molecule has 0 unspecified atom stereocenters. The average Bonchev–Trinajstić information content (AvgIpc) is 3.27. The maximum Gasteiger partial charge on any atom is 0.343 e. The van der Waals surface area contributed by atoms with Gasteiger partial charge in [0.1, 0.15) is 11.7 Å². The van der Waals surface area contributed by atoms with Gasteiger partial charge in [0.2, 0.25) is 5.91 Å². The van der Waals surface area contributed by atoms with Crippen molar-refractivity contribution in [2.45, 2.75) is 5.92 Å². The summed E-state index contributed by atoms with van der Waals surface area (Å²) >= 11 is 0. The normalized spacial score (nSPS) is 17.1. The number of hydrogen-bond acceptors (Lipinski definition) is 7. The van der Waals surface area contributed by atoms with Crippen LogP contribution in [0.3, 0.4) is 0 Å². The van der Waals surface area contributed by atoms with Gasteiger partial charge in [0.15, 0.2) is 0 Å². The van der Waals surface area contributed by atoms with E-state index >= 15 is 0 Å². The smallest absolute Gasteiger partial charge is 0.343 e. The molecule has 10 nitrogen and oxygen atoms in total. The zero-order chi connectivity index (χ0) is 24.8. The van der Waals surface area contributed by atoms with Crippen LogP contribution in [0.4, 0.5) is 5.69 Å². The van der Waals surface area contributed by atoms with Crippen LogP contribution < -0.4 is 15.5 Å². The number of nitrogens with zero attached hydrogens (tertiary/aromatic N) is 2. The number of non-ortho nitro benzene ring substituents is 1. The minimum absolute atomic E-state index is 0.124. The number of hydrazone groups is 1. The molecule has 176 valence electrons. The van der Waals surface area contributed by atoms with E-state index in [1.165, 1.54) is 30.5 Å². The van der Waals surface area contributed by atoms with E-state index in [9.17, 15) is 24.5 Å². The van der Waals surface area contributed by atoms with Crippen LogP contribution in [-0.2, 0) is 9.59 Å². The summed E-state index contributed by atoms with van der Waals surface area (Å²) in [5.74, 6) is -2.39. The van der Waals surface area contributed by atoms with Gasteiger partial charge in [-0.25, -0.2) is 10.2 Å². The number of carbonyl (C=O) groups excluding carboxylic acids is 3. The van der Waals surface area contributed by atoms with Crippen LogP contribution in [0.5, 0.6) is 5.75 Å². The molecule has 1 heterocycles. The summed E-state index contributed by atoms with van der Waals surface area (Å²) in [5.41, 5.74) is 3.99. The SMILES string of the molecule is O=C(Oc1ccc(C=NNC(=O)[C@H]2C(=O)NC[C@H]2c2ccccc2)cc1)c1ccc([N+](=O)[O-])cc1. The van der Waals surface area contributed by atoms with Crippen molar-refractivity contribution in [1.82, 2.24) is 10.7 Å². The standard InChI is InChI=1S/C25H20N4O6/c30-23-22(21(15-26-23)17-4-2-1-3-5-17)24(31)28-27-14-16-6-12-20(13-7-16)35-25(32)18-8-10-19(11-9-18)29(33)34/h1-14,21-22H,15H2,(H,26,30)(H,28,31)/t21-,22+/m0/s1. The molecule has 0 radical (unpaired) electrons. The minimum atomic E-state index is -0.879. The van der Waals surface area contributed by atoms with E-state index in [0.29, 0.717) is 12.1 Å². The summed E-state index contributed by atoms with van der Waals surface area (Å²) in [6, 6.07) is 20.8. The Morgan fingerprint density at radius 3 is 2.37 bits per heavy atom. The van der Waals surface area contributed by atoms with Crippen molar-refractivity contribution in [2.75, 3.05) is 6.54 Å². The van der Waals surface area contributed by atoms with E-state index in [0.717, 1.165) is 5.56 Å². The molecule has 0 spiro atoms. The van der Waals surface area contributed by atoms with E-state index in [1.54, 1.807) is 24.3 Å². The van der Waals surface area contributed by atoms with Crippen molar-refractivity contribution in [3.63, 3.8) is 0 Å². The number of rotatable bonds is 7. The van der Waals surface area contributed by atoms with E-state index in [2.05, 4.69) is 15.8 Å². The Balaban J connectivity index is 1.33. The molecule has 0 aliphatic carbocycles. The van der Waals surface area contributed by atoms with Crippen molar-refractivity contribution in [3.05, 3.63) is 106 Å². The number of nitrogens with one attached hydrogen (secondary N) is 2. The zero-order valence-corrected chi connectivity index (χ0v) is 18.3. The predicted octanol–water partition coefficient (Wildman–Crippen LogP) is 2.79. The molecule has 1 aliphatic rings. The molecule has 2 atom stereocenters. The van der Waals surface area contributed by atoms with E-state index in [1.807, 2.05) is 30.3 Å². The van der Waals surface area contributed by atoms with Gasteiger partial charge >= 0.3 is 5.97 Å². The number of amides is 2. The van der Waals surface area contributed by atoms with Crippen molar-refractivity contribution in [3.8, 4) is 5.75 Å². The van der Waals surface area contributed by atoms with Crippen molar-refractivity contribution in [2.24, 2.45) is 11.0 Å². The fraction of sp³-hybridized carbons (Fsp3) is 0.120. The van der Waals surface area contributed by atoms with Gasteiger partial charge < -0.3 is 10.1 Å². The van der Waals surface area contributed by atoms with Gasteiger partial charge in [-0.15, -0.1) is 0 Å². The number of nitro groups is 1. The van der Waals surface area contributed by atoms with Crippen LogP contribution in [0.2, 0.25) is 0 Å². The fourth-order valence-corrected chi connectivity index (χ4v) is 3.68. The van der Waals surface area contributed by atoms with Crippen molar-refractivity contribution >= 4 is 29.7 Å². The van der Waals surface area contributed by atoms with E-state index in [-0.39, 0.29) is 28.8 Å². The lowest BCUT2D eigenvalue weighted by Gasteiger charge is -2.15. The molecule has 1 fully saturated rings. The van der Waals surface area contributed by atoms with Crippen molar-refractivity contribution in [1.29, 1.82) is 0 Å². The molecular weight excluding hydrogens is 452 g/mol. The number of carbonyl (C=O) groups is 3. The second kappa shape index (κ2) is 10.4. The highest BCUT2D eigenvalue weighted by atomic mass is 16.6. The van der Waals surface area contributed by atoms with Gasteiger partial charge in [-0.3, -0.25) is 19.7 Å². The summed E-state index contributed by atoms with van der Waals surface area (Å²) < 4.78 is 5.26. The Morgan fingerprint density at radius 2 is 1.71 bits per heavy atom. The number of ether oxygens (including phenoxy) is 1. The Hall–Kier alpha value is -4.86. The highest BCUT2D eigenvalue weighted by molar-refractivity contribution is 6.03. The lowest BCUT2D eigenvalue weighted by Crippen LogP contribution is -2.34. The summed E-state index contributed by atoms with van der Waals surface area (Å²) in [5, 5.41) is 17.4. The van der Waals surface area contributed by atoms with Gasteiger partial charge in [0.05, 0.1) is 16.7 Å². The fourth-order valence-electron chi connectivity index (χ4n) is 3.68. The predicted molar refractivity (Wildman–Crippen MR) is 126 cm³/mol. The van der Waals surface area contributed by atoms with E-state index < -0.39 is 22.7 Å². The van der Waals surface area contributed by atoms with Crippen molar-refractivity contribution < 1.29 is 24.0 Å². The Labute approximate surface area is 199 Å². The number of benzene rings is 3. The number of hydrogen-bond donors (Lipinski definition) is 2. The van der Waals surface area contributed by atoms with Gasteiger partial charge in [0, 0.05) is 24.6 Å². The largest absolute Gasteiger partial charge is 0.423 e. The van der Waals surface area contributed by atoms with E-state index in [4.69, 9.17) is 4.74 Å². The molecule has 1 saturated heterocycles. The molecule has 35 heavy (non-hydrogen) atoms. The topological polar surface area (TPSA) is 140 Å². The molecule has 2 amide bonds. The molecule has 10 heteroatoms. The summed E-state index contributed by atoms with van der Waals surface area (Å²) in [6.45, 7) is 0.380. The zero-order valence-electron chi connectivity index (χ0n) is 18.3. The lowest BCUT2D eigenvalue weighted by atomic mass is 9.88. The Bertz CT molecular complexity index is 1270. The average molecular weight is 472 g/mol. The van der Waals surface area contributed by atoms with Crippen LogP contribution in [0, 0.1) is 16.0 Å². The summed E-state index contributed by atoms with van der Waals surface area (Å²) in [4.78, 5) is 47.2. The maximum atomic E-state index is 12.6. The van der Waals surface area contributed by atoms with Gasteiger partial charge in [-0.05, 0) is 47.5 Å². The van der Waals surface area contributed by atoms with Crippen LogP contribution in [0.15, 0.2) is 84.0 Å². The van der Waals surface area contributed by atoms with Gasteiger partial charge in [-0.1, -0.05) is 30.3 Å². The Morgan fingerprint density at radius 1 is 1.03 bits per heavy atom. The number of esters is 1. The van der Waals surface area contributed by atoms with Gasteiger partial charge in [0.25, 0.3) is 11.6 Å². The van der Waals surface area contributed by atoms with Crippen LogP contribution in [0.25, 0.3) is 0 Å². The van der Waals surface area contributed by atoms with Crippen LogP contribution in [-0.4, -0.2) is 35.5 Å². The second-order valence-electron chi connectivity index (χ2n) is 7.74. The first-order chi connectivity index (χ1) is 16.9. The third kappa shape index (κ3) is 5.56. The first-order valence-corrected chi connectivity index (χ1v) is 10.6. The first-order valence-electron chi connectivity index (χ1n) is 10.6. The molecule has 1 aliphatic heterocycles. The Kier molecular flexibility index (Phi) is 6.91. The summed E-state index contributed by atoms with van der Waals surface area (Å²) in [6.07, 6.45) is 1.41. The molecule has 0 bridgehead atoms. The third-order valence-electron chi connectivity index (χ3n) is 5.48. The number of nitro benzene ring substituents is 1. The second-order valence-corrected chi connectivity index (χ2v) is 7.74. The third-order valence-corrected chi connectivity index (χ3v) is 5.48. The molecular formula is C25H20N4O6. The minimum Gasteiger partial charge on any atom is -0.423 e. The molecule has 0 aromatic heterocycles. The maximum absolute atomic E-state index is 12.6. The quantitative estimate of drug-likeness (QED) is 0.135. The molecule has 3 aromatic carbocycles. The highest BCUT2D eigenvalue weighted by Gasteiger charge is 2.40. The molecule has 4 rings (SSSR count). The molecule has 2 N–H and O–H groups in total. The lowest BCUT2D eigenvalue weighted by molar-refractivity contribution is -0.384.